The zero-order valence-electron chi connectivity index (χ0n) is 15.3. The van der Waals surface area contributed by atoms with Gasteiger partial charge in [0.15, 0.2) is 0 Å². The predicted molar refractivity (Wildman–Crippen MR) is 106 cm³/mol. The molecule has 0 atom stereocenters. The zero-order valence-corrected chi connectivity index (χ0v) is 16.0. The summed E-state index contributed by atoms with van der Waals surface area (Å²) in [5, 5.41) is 0.126. The predicted octanol–water partition coefficient (Wildman–Crippen LogP) is 6.89. The van der Waals surface area contributed by atoms with Gasteiger partial charge in [-0.15, -0.1) is 0 Å². The van der Waals surface area contributed by atoms with Crippen LogP contribution in [0.2, 0.25) is 5.02 Å². The molecule has 0 N–H and O–H groups in total. The molecule has 1 aliphatic rings. The summed E-state index contributed by atoms with van der Waals surface area (Å²) in [6.07, 6.45) is 10.9. The van der Waals surface area contributed by atoms with Crippen molar-refractivity contribution in [3.63, 3.8) is 0 Å². The third-order valence-corrected chi connectivity index (χ3v) is 5.52. The Bertz CT molecular complexity index is 780. The van der Waals surface area contributed by atoms with Crippen LogP contribution in [0.5, 0.6) is 0 Å². The van der Waals surface area contributed by atoms with Crippen molar-refractivity contribution in [3.05, 3.63) is 52.9 Å². The molecule has 1 heterocycles. The van der Waals surface area contributed by atoms with Gasteiger partial charge in [0, 0.05) is 23.2 Å². The van der Waals surface area contributed by atoms with Crippen LogP contribution in [0.3, 0.4) is 0 Å². The number of halogens is 2. The molecule has 26 heavy (non-hydrogen) atoms. The van der Waals surface area contributed by atoms with E-state index in [1.807, 2.05) is 12.1 Å². The summed E-state index contributed by atoms with van der Waals surface area (Å²) < 4.78 is 13.6. The summed E-state index contributed by atoms with van der Waals surface area (Å²) in [5.74, 6) is 7.68. The van der Waals surface area contributed by atoms with Crippen LogP contribution in [0, 0.1) is 29.5 Å². The second-order valence-corrected chi connectivity index (χ2v) is 7.60. The smallest absolute Gasteiger partial charge is 0.142 e. The van der Waals surface area contributed by atoms with Crippen LogP contribution in [0.25, 0.3) is 11.3 Å². The fraction of sp³-hybridized carbons (Fsp3) is 0.435. The monoisotopic (exact) mass is 369 g/mol. The maximum absolute atomic E-state index is 13.6. The van der Waals surface area contributed by atoms with E-state index < -0.39 is 5.82 Å². The number of benzene rings is 1. The highest BCUT2D eigenvalue weighted by Gasteiger charge is 2.19. The van der Waals surface area contributed by atoms with Gasteiger partial charge >= 0.3 is 0 Å². The van der Waals surface area contributed by atoms with Crippen molar-refractivity contribution in [1.82, 2.24) is 4.98 Å². The molecule has 0 bridgehead atoms. The van der Waals surface area contributed by atoms with Crippen LogP contribution in [0.1, 0.15) is 57.4 Å². The molecule has 0 spiro atoms. The second-order valence-electron chi connectivity index (χ2n) is 7.19. The summed E-state index contributed by atoms with van der Waals surface area (Å²) in [7, 11) is 0. The number of rotatable bonds is 4. The molecule has 0 aliphatic heterocycles. The zero-order chi connectivity index (χ0) is 18.4. The molecule has 3 rings (SSSR count). The van der Waals surface area contributed by atoms with Gasteiger partial charge in [0.1, 0.15) is 5.82 Å². The molecule has 0 amide bonds. The van der Waals surface area contributed by atoms with Crippen molar-refractivity contribution in [2.24, 2.45) is 11.8 Å². The van der Waals surface area contributed by atoms with E-state index in [1.165, 1.54) is 51.0 Å². The van der Waals surface area contributed by atoms with Gasteiger partial charge in [-0.3, -0.25) is 4.98 Å². The quantitative estimate of drug-likeness (QED) is 0.534. The highest BCUT2D eigenvalue weighted by Crippen LogP contribution is 2.31. The fourth-order valence-corrected chi connectivity index (χ4v) is 3.69. The first kappa shape index (κ1) is 18.9. The lowest BCUT2D eigenvalue weighted by Crippen LogP contribution is -2.13. The Balaban J connectivity index is 1.58. The minimum Gasteiger partial charge on any atom is -0.255 e. The van der Waals surface area contributed by atoms with Gasteiger partial charge < -0.3 is 0 Å². The van der Waals surface area contributed by atoms with Crippen molar-refractivity contribution >= 4 is 11.6 Å². The summed E-state index contributed by atoms with van der Waals surface area (Å²) in [6.45, 7) is 2.26. The van der Waals surface area contributed by atoms with Crippen molar-refractivity contribution < 1.29 is 4.39 Å². The van der Waals surface area contributed by atoms with Gasteiger partial charge in [0.05, 0.1) is 10.7 Å². The summed E-state index contributed by atoms with van der Waals surface area (Å²) in [4.78, 5) is 4.42. The third-order valence-electron chi connectivity index (χ3n) is 5.21. The number of pyridine rings is 1. The second kappa shape index (κ2) is 9.19. The number of hydrogen-bond acceptors (Lipinski definition) is 1. The van der Waals surface area contributed by atoms with Gasteiger partial charge in [-0.2, -0.15) is 0 Å². The molecular formula is C23H25ClFN. The molecule has 1 aliphatic carbocycles. The number of unbranched alkanes of at least 4 members (excludes halogenated alkanes) is 1. The van der Waals surface area contributed by atoms with E-state index in [0.717, 1.165) is 22.7 Å². The average molecular weight is 370 g/mol. The maximum atomic E-state index is 13.6. The molecule has 0 unspecified atom stereocenters. The van der Waals surface area contributed by atoms with E-state index in [0.29, 0.717) is 5.92 Å². The van der Waals surface area contributed by atoms with E-state index in [4.69, 9.17) is 11.6 Å². The largest absolute Gasteiger partial charge is 0.255 e. The lowest BCUT2D eigenvalue weighted by atomic mass is 9.80. The van der Waals surface area contributed by atoms with Crippen molar-refractivity contribution in [1.29, 1.82) is 0 Å². The normalized spacial score (nSPS) is 19.7. The molecule has 0 saturated heterocycles. The minimum absolute atomic E-state index is 0.126. The molecule has 2 aromatic rings. The Kier molecular flexibility index (Phi) is 6.69. The van der Waals surface area contributed by atoms with Gasteiger partial charge in [-0.1, -0.05) is 55.7 Å². The first-order valence-electron chi connectivity index (χ1n) is 9.58. The van der Waals surface area contributed by atoms with Crippen LogP contribution in [0.4, 0.5) is 4.39 Å². The van der Waals surface area contributed by atoms with Crippen LogP contribution in [-0.4, -0.2) is 4.98 Å². The van der Waals surface area contributed by atoms with Crippen LogP contribution in [0.15, 0.2) is 36.5 Å². The molecule has 1 aromatic carbocycles. The van der Waals surface area contributed by atoms with Crippen molar-refractivity contribution in [2.75, 3.05) is 0 Å². The van der Waals surface area contributed by atoms with E-state index in [2.05, 4.69) is 23.7 Å². The summed E-state index contributed by atoms with van der Waals surface area (Å²) >= 11 is 5.73. The Hall–Kier alpha value is -1.85. The molecule has 0 radical (unpaired) electrons. The minimum atomic E-state index is -0.427. The first-order chi connectivity index (χ1) is 12.7. The van der Waals surface area contributed by atoms with E-state index in [-0.39, 0.29) is 5.02 Å². The molecule has 1 fully saturated rings. The SMILES string of the molecule is CCCCC1CCC(C#Cc2ccc(-c3ccc(Cl)c(F)c3)nc2)CC1. The molecule has 3 heteroatoms. The summed E-state index contributed by atoms with van der Waals surface area (Å²) in [5.41, 5.74) is 2.36. The van der Waals surface area contributed by atoms with Crippen LogP contribution >= 0.6 is 11.6 Å². The van der Waals surface area contributed by atoms with Gasteiger partial charge in [-0.05, 0) is 55.9 Å². The lowest BCUT2D eigenvalue weighted by molar-refractivity contribution is 0.296. The fourth-order valence-electron chi connectivity index (χ4n) is 3.57. The Morgan fingerprint density at radius 1 is 1.15 bits per heavy atom. The van der Waals surface area contributed by atoms with Gasteiger partial charge in [0.2, 0.25) is 0 Å². The molecular weight excluding hydrogens is 345 g/mol. The number of nitrogens with zero attached hydrogens (tertiary/aromatic N) is 1. The Morgan fingerprint density at radius 2 is 1.96 bits per heavy atom. The Morgan fingerprint density at radius 3 is 2.62 bits per heavy atom. The highest BCUT2D eigenvalue weighted by atomic mass is 35.5. The summed E-state index contributed by atoms with van der Waals surface area (Å²) in [6, 6.07) is 8.57. The van der Waals surface area contributed by atoms with E-state index in [9.17, 15) is 4.39 Å². The standard InChI is InChI=1S/C23H25ClFN/c1-2-3-4-17-5-7-18(8-6-17)9-10-19-11-14-23(26-16-19)20-12-13-21(24)22(25)15-20/h11-18H,2-8H2,1H3. The number of aromatic nitrogens is 1. The van der Waals surface area contributed by atoms with Crippen LogP contribution < -0.4 is 0 Å². The van der Waals surface area contributed by atoms with E-state index >= 15 is 0 Å². The third kappa shape index (κ3) is 5.08. The van der Waals surface area contributed by atoms with Crippen molar-refractivity contribution in [3.8, 4) is 23.1 Å². The van der Waals surface area contributed by atoms with E-state index in [1.54, 1.807) is 18.3 Å². The van der Waals surface area contributed by atoms with Gasteiger partial charge in [0.25, 0.3) is 0 Å². The van der Waals surface area contributed by atoms with Gasteiger partial charge in [-0.25, -0.2) is 4.39 Å². The van der Waals surface area contributed by atoms with Crippen molar-refractivity contribution in [2.45, 2.75) is 51.9 Å². The molecule has 136 valence electrons. The average Bonchev–Trinajstić information content (AvgIpc) is 2.68. The lowest BCUT2D eigenvalue weighted by Gasteiger charge is -2.25. The van der Waals surface area contributed by atoms with Crippen LogP contribution in [-0.2, 0) is 0 Å². The first-order valence-corrected chi connectivity index (χ1v) is 9.96. The maximum Gasteiger partial charge on any atom is 0.142 e. The number of hydrogen-bond donors (Lipinski definition) is 0. The molecule has 1 saturated carbocycles. The Labute approximate surface area is 161 Å². The topological polar surface area (TPSA) is 12.9 Å². The molecule has 1 aromatic heterocycles. The molecule has 1 nitrogen and oxygen atoms in total. The highest BCUT2D eigenvalue weighted by molar-refractivity contribution is 6.30.